The summed E-state index contributed by atoms with van der Waals surface area (Å²) in [4.78, 5) is 2.62. The van der Waals surface area contributed by atoms with Crippen molar-refractivity contribution >= 4 is 0 Å². The van der Waals surface area contributed by atoms with Crippen LogP contribution in [0.3, 0.4) is 0 Å². The monoisotopic (exact) mass is 230 g/mol. The largest absolute Gasteiger partial charge is 0.322 e. The Bertz CT molecular complexity index is 409. The topological polar surface area (TPSA) is 29.3 Å². The van der Waals surface area contributed by atoms with E-state index in [9.17, 15) is 0 Å². The minimum atomic E-state index is 0.171. The van der Waals surface area contributed by atoms with E-state index in [1.807, 2.05) is 0 Å². The molecule has 1 aliphatic carbocycles. The standard InChI is InChI=1S/C15H22N2/c1-15(17-10-4-5-11-17)9-8-12-6-2-3-7-13(12)14(15)16/h2-3,6-7,14H,4-5,8-11,16H2,1H3/t14-,15+/m1/s1. The van der Waals surface area contributed by atoms with E-state index >= 15 is 0 Å². The molecule has 0 spiro atoms. The maximum Gasteiger partial charge on any atom is 0.0482 e. The van der Waals surface area contributed by atoms with Crippen molar-refractivity contribution in [3.8, 4) is 0 Å². The van der Waals surface area contributed by atoms with Gasteiger partial charge >= 0.3 is 0 Å². The minimum Gasteiger partial charge on any atom is -0.322 e. The second kappa shape index (κ2) is 4.11. The van der Waals surface area contributed by atoms with Crippen LogP contribution in [0, 0.1) is 0 Å². The Balaban J connectivity index is 1.94. The fourth-order valence-corrected chi connectivity index (χ4v) is 3.53. The Labute approximate surface area is 104 Å². The van der Waals surface area contributed by atoms with Gasteiger partial charge in [0, 0.05) is 11.6 Å². The van der Waals surface area contributed by atoms with Gasteiger partial charge in [0.15, 0.2) is 0 Å². The molecular weight excluding hydrogens is 208 g/mol. The second-order valence-corrected chi connectivity index (χ2v) is 5.73. The van der Waals surface area contributed by atoms with Crippen molar-refractivity contribution in [3.63, 3.8) is 0 Å². The lowest BCUT2D eigenvalue weighted by Gasteiger charge is -2.47. The zero-order chi connectivity index (χ0) is 11.9. The first-order chi connectivity index (χ1) is 8.22. The molecule has 0 unspecified atom stereocenters. The van der Waals surface area contributed by atoms with E-state index in [1.54, 1.807) is 0 Å². The number of benzene rings is 1. The molecule has 2 nitrogen and oxygen atoms in total. The van der Waals surface area contributed by atoms with Crippen LogP contribution < -0.4 is 5.73 Å². The molecule has 2 N–H and O–H groups in total. The van der Waals surface area contributed by atoms with Crippen LogP contribution in [0.5, 0.6) is 0 Å². The molecule has 1 aromatic rings. The van der Waals surface area contributed by atoms with Gasteiger partial charge in [-0.3, -0.25) is 4.90 Å². The van der Waals surface area contributed by atoms with E-state index in [1.165, 1.54) is 49.9 Å². The van der Waals surface area contributed by atoms with Crippen LogP contribution in [0.1, 0.15) is 43.4 Å². The van der Waals surface area contributed by atoms with Gasteiger partial charge in [-0.2, -0.15) is 0 Å². The third-order valence-electron chi connectivity index (χ3n) is 4.79. The highest BCUT2D eigenvalue weighted by atomic mass is 15.2. The molecule has 1 saturated heterocycles. The summed E-state index contributed by atoms with van der Waals surface area (Å²) in [5, 5.41) is 0. The summed E-state index contributed by atoms with van der Waals surface area (Å²) in [5.41, 5.74) is 9.56. The van der Waals surface area contributed by atoms with Crippen LogP contribution in [0.25, 0.3) is 0 Å². The van der Waals surface area contributed by atoms with Crippen molar-refractivity contribution in [2.45, 2.75) is 44.2 Å². The number of hydrogen-bond acceptors (Lipinski definition) is 2. The average Bonchev–Trinajstić information content (AvgIpc) is 2.89. The number of hydrogen-bond donors (Lipinski definition) is 1. The molecule has 0 amide bonds. The molecule has 17 heavy (non-hydrogen) atoms. The number of fused-ring (bicyclic) bond motifs is 1. The summed E-state index contributed by atoms with van der Waals surface area (Å²) in [7, 11) is 0. The van der Waals surface area contributed by atoms with E-state index in [4.69, 9.17) is 5.73 Å². The molecule has 0 saturated carbocycles. The third kappa shape index (κ3) is 1.71. The van der Waals surface area contributed by atoms with E-state index in [0.717, 1.165) is 0 Å². The molecule has 0 aromatic heterocycles. The van der Waals surface area contributed by atoms with Gasteiger partial charge < -0.3 is 5.73 Å². The molecule has 2 heteroatoms. The maximum absolute atomic E-state index is 6.56. The second-order valence-electron chi connectivity index (χ2n) is 5.73. The SMILES string of the molecule is C[C@]1(N2CCCC2)CCc2ccccc2[C@H]1N. The van der Waals surface area contributed by atoms with Gasteiger partial charge in [0.1, 0.15) is 0 Å². The van der Waals surface area contributed by atoms with E-state index in [-0.39, 0.29) is 11.6 Å². The molecule has 3 rings (SSSR count). The summed E-state index contributed by atoms with van der Waals surface area (Å²) in [6.45, 7) is 4.82. The predicted octanol–water partition coefficient (Wildman–Crippen LogP) is 2.49. The number of likely N-dealkylation sites (tertiary alicyclic amines) is 1. The first-order valence-electron chi connectivity index (χ1n) is 6.80. The van der Waals surface area contributed by atoms with Gasteiger partial charge in [0.05, 0.1) is 0 Å². The molecule has 1 aliphatic heterocycles. The van der Waals surface area contributed by atoms with E-state index in [2.05, 4.69) is 36.1 Å². The minimum absolute atomic E-state index is 0.171. The molecular formula is C15H22N2. The normalized spacial score (nSPS) is 33.6. The lowest BCUT2D eigenvalue weighted by Crippen LogP contribution is -2.54. The van der Waals surface area contributed by atoms with Crippen molar-refractivity contribution in [1.82, 2.24) is 4.90 Å². The first kappa shape index (κ1) is 11.2. The van der Waals surface area contributed by atoms with Gasteiger partial charge in [-0.15, -0.1) is 0 Å². The number of aryl methyl sites for hydroxylation is 1. The van der Waals surface area contributed by atoms with Crippen LogP contribution in [0.15, 0.2) is 24.3 Å². The molecule has 1 aromatic carbocycles. The summed E-state index contributed by atoms with van der Waals surface area (Å²) in [5.74, 6) is 0. The highest BCUT2D eigenvalue weighted by Crippen LogP contribution is 2.41. The fraction of sp³-hybridized carbons (Fsp3) is 0.600. The number of nitrogens with two attached hydrogens (primary N) is 1. The van der Waals surface area contributed by atoms with Crippen molar-refractivity contribution in [2.24, 2.45) is 5.73 Å². The van der Waals surface area contributed by atoms with E-state index in [0.29, 0.717) is 0 Å². The van der Waals surface area contributed by atoms with Crippen LogP contribution in [-0.4, -0.2) is 23.5 Å². The molecule has 1 fully saturated rings. The lowest BCUT2D eigenvalue weighted by molar-refractivity contribution is 0.0878. The van der Waals surface area contributed by atoms with Crippen LogP contribution in [-0.2, 0) is 6.42 Å². The predicted molar refractivity (Wildman–Crippen MR) is 70.9 cm³/mol. The molecule has 0 bridgehead atoms. The van der Waals surface area contributed by atoms with Crippen molar-refractivity contribution in [1.29, 1.82) is 0 Å². The molecule has 0 radical (unpaired) electrons. The van der Waals surface area contributed by atoms with Crippen LogP contribution >= 0.6 is 0 Å². The van der Waals surface area contributed by atoms with Crippen molar-refractivity contribution in [2.75, 3.05) is 13.1 Å². The van der Waals surface area contributed by atoms with Gasteiger partial charge in [0.2, 0.25) is 0 Å². The Morgan fingerprint density at radius 1 is 1.24 bits per heavy atom. The molecule has 1 heterocycles. The number of rotatable bonds is 1. The summed E-state index contributed by atoms with van der Waals surface area (Å²) in [6, 6.07) is 8.87. The maximum atomic E-state index is 6.56. The smallest absolute Gasteiger partial charge is 0.0482 e. The zero-order valence-electron chi connectivity index (χ0n) is 10.7. The fourth-order valence-electron chi connectivity index (χ4n) is 3.53. The van der Waals surface area contributed by atoms with Gasteiger partial charge in [-0.05, 0) is 56.8 Å². The van der Waals surface area contributed by atoms with Crippen LogP contribution in [0.4, 0.5) is 0 Å². The summed E-state index contributed by atoms with van der Waals surface area (Å²) < 4.78 is 0. The molecule has 92 valence electrons. The number of nitrogens with zero attached hydrogens (tertiary/aromatic N) is 1. The van der Waals surface area contributed by atoms with Crippen LogP contribution in [0.2, 0.25) is 0 Å². The Morgan fingerprint density at radius 3 is 2.71 bits per heavy atom. The molecule has 2 aliphatic rings. The summed E-state index contributed by atoms with van der Waals surface area (Å²) >= 11 is 0. The Kier molecular flexibility index (Phi) is 2.72. The zero-order valence-corrected chi connectivity index (χ0v) is 10.7. The molecule has 2 atom stereocenters. The summed E-state index contributed by atoms with van der Waals surface area (Å²) in [6.07, 6.45) is 5.05. The Hall–Kier alpha value is -0.860. The van der Waals surface area contributed by atoms with Crippen molar-refractivity contribution in [3.05, 3.63) is 35.4 Å². The highest BCUT2D eigenvalue weighted by Gasteiger charge is 2.42. The van der Waals surface area contributed by atoms with Crippen molar-refractivity contribution < 1.29 is 0 Å². The van der Waals surface area contributed by atoms with E-state index < -0.39 is 0 Å². The Morgan fingerprint density at radius 2 is 1.94 bits per heavy atom. The average molecular weight is 230 g/mol. The van der Waals surface area contributed by atoms with Gasteiger partial charge in [-0.1, -0.05) is 24.3 Å². The highest BCUT2D eigenvalue weighted by molar-refractivity contribution is 5.35. The third-order valence-corrected chi connectivity index (χ3v) is 4.79. The van der Waals surface area contributed by atoms with Gasteiger partial charge in [0.25, 0.3) is 0 Å². The quantitative estimate of drug-likeness (QED) is 0.803. The lowest BCUT2D eigenvalue weighted by atomic mass is 9.74. The first-order valence-corrected chi connectivity index (χ1v) is 6.80. The van der Waals surface area contributed by atoms with Gasteiger partial charge in [-0.25, -0.2) is 0 Å².